The van der Waals surface area contributed by atoms with Gasteiger partial charge in [0.15, 0.2) is 0 Å². The molecule has 0 bridgehead atoms. The van der Waals surface area contributed by atoms with Crippen LogP contribution in [0.2, 0.25) is 0 Å². The second-order valence-electron chi connectivity index (χ2n) is 5.84. The molecule has 1 aliphatic carbocycles. The lowest BCUT2D eigenvalue weighted by molar-refractivity contribution is 0.00399. The standard InChI is InChI=1S/C15H29F2N/c1-4-9-18-14(13(5-2)6-3)10-12-7-8-15(16,17)11-12/h12-14,18H,4-11H2,1-3H3. The lowest BCUT2D eigenvalue weighted by Crippen LogP contribution is -2.38. The first-order valence-electron chi connectivity index (χ1n) is 7.63. The molecule has 0 saturated heterocycles. The zero-order valence-corrected chi connectivity index (χ0v) is 12.1. The van der Waals surface area contributed by atoms with Gasteiger partial charge in [-0.15, -0.1) is 0 Å². The van der Waals surface area contributed by atoms with Crippen molar-refractivity contribution in [3.63, 3.8) is 0 Å². The lowest BCUT2D eigenvalue weighted by Gasteiger charge is -2.29. The molecule has 18 heavy (non-hydrogen) atoms. The molecule has 0 aliphatic heterocycles. The van der Waals surface area contributed by atoms with Gasteiger partial charge in [-0.05, 0) is 37.6 Å². The van der Waals surface area contributed by atoms with Crippen LogP contribution in [0.3, 0.4) is 0 Å². The molecule has 1 fully saturated rings. The van der Waals surface area contributed by atoms with Crippen molar-refractivity contribution in [3.05, 3.63) is 0 Å². The summed E-state index contributed by atoms with van der Waals surface area (Å²) in [5.74, 6) is -1.55. The smallest absolute Gasteiger partial charge is 0.248 e. The Bertz CT molecular complexity index is 227. The molecular weight excluding hydrogens is 232 g/mol. The molecule has 0 aromatic carbocycles. The molecule has 0 aromatic heterocycles. The summed E-state index contributed by atoms with van der Waals surface area (Å²) < 4.78 is 26.5. The van der Waals surface area contributed by atoms with Gasteiger partial charge in [0, 0.05) is 18.9 Å². The summed E-state index contributed by atoms with van der Waals surface area (Å²) in [5.41, 5.74) is 0. The maximum absolute atomic E-state index is 13.2. The van der Waals surface area contributed by atoms with Crippen LogP contribution in [-0.2, 0) is 0 Å². The minimum absolute atomic E-state index is 0.0983. The summed E-state index contributed by atoms with van der Waals surface area (Å²) in [7, 11) is 0. The molecule has 0 radical (unpaired) electrons. The Labute approximate surface area is 111 Å². The van der Waals surface area contributed by atoms with Gasteiger partial charge in [0.1, 0.15) is 0 Å². The van der Waals surface area contributed by atoms with Crippen LogP contribution in [0.4, 0.5) is 8.78 Å². The summed E-state index contributed by atoms with van der Waals surface area (Å²) in [6.45, 7) is 7.57. The molecule has 2 unspecified atom stereocenters. The largest absolute Gasteiger partial charge is 0.314 e. The van der Waals surface area contributed by atoms with Gasteiger partial charge < -0.3 is 5.32 Å². The first-order chi connectivity index (χ1) is 8.52. The molecule has 1 nitrogen and oxygen atoms in total. The van der Waals surface area contributed by atoms with E-state index >= 15 is 0 Å². The molecule has 1 saturated carbocycles. The minimum Gasteiger partial charge on any atom is -0.314 e. The van der Waals surface area contributed by atoms with Crippen molar-refractivity contribution in [1.82, 2.24) is 5.32 Å². The van der Waals surface area contributed by atoms with Gasteiger partial charge in [-0.1, -0.05) is 33.6 Å². The van der Waals surface area contributed by atoms with Gasteiger partial charge in [-0.25, -0.2) is 8.78 Å². The van der Waals surface area contributed by atoms with E-state index in [-0.39, 0.29) is 18.8 Å². The third-order valence-corrected chi connectivity index (χ3v) is 4.37. The normalized spacial score (nSPS) is 24.7. The second-order valence-corrected chi connectivity index (χ2v) is 5.84. The Morgan fingerprint density at radius 2 is 1.89 bits per heavy atom. The van der Waals surface area contributed by atoms with Crippen molar-refractivity contribution in [2.75, 3.05) is 6.54 Å². The van der Waals surface area contributed by atoms with Crippen LogP contribution in [0.5, 0.6) is 0 Å². The average Bonchev–Trinajstić information content (AvgIpc) is 2.67. The van der Waals surface area contributed by atoms with E-state index in [1.54, 1.807) is 0 Å². The molecule has 0 amide bonds. The fraction of sp³-hybridized carbons (Fsp3) is 1.00. The van der Waals surface area contributed by atoms with Crippen LogP contribution in [0.1, 0.15) is 65.7 Å². The first kappa shape index (κ1) is 15.9. The number of halogens is 2. The summed E-state index contributed by atoms with van der Waals surface area (Å²) in [6, 6.07) is 0.429. The van der Waals surface area contributed by atoms with Crippen LogP contribution in [0, 0.1) is 11.8 Å². The number of hydrogen-bond acceptors (Lipinski definition) is 1. The molecule has 1 rings (SSSR count). The Hall–Kier alpha value is -0.180. The number of rotatable bonds is 8. The van der Waals surface area contributed by atoms with Gasteiger partial charge in [-0.3, -0.25) is 0 Å². The predicted molar refractivity (Wildman–Crippen MR) is 73.1 cm³/mol. The summed E-state index contributed by atoms with van der Waals surface area (Å²) >= 11 is 0. The van der Waals surface area contributed by atoms with Crippen LogP contribution in [0.25, 0.3) is 0 Å². The molecule has 1 N–H and O–H groups in total. The summed E-state index contributed by atoms with van der Waals surface area (Å²) in [5, 5.41) is 3.58. The quantitative estimate of drug-likeness (QED) is 0.672. The highest BCUT2D eigenvalue weighted by Gasteiger charge is 2.40. The molecule has 1 aliphatic rings. The Morgan fingerprint density at radius 1 is 1.22 bits per heavy atom. The van der Waals surface area contributed by atoms with E-state index in [9.17, 15) is 8.78 Å². The molecule has 0 aromatic rings. The minimum atomic E-state index is -2.39. The molecule has 3 heteroatoms. The van der Waals surface area contributed by atoms with E-state index in [0.29, 0.717) is 18.4 Å². The maximum atomic E-state index is 13.2. The SMILES string of the molecule is CCCNC(CC1CCC(F)(F)C1)C(CC)CC. The Kier molecular flexibility index (Phi) is 6.54. The number of nitrogens with one attached hydrogen (secondary N) is 1. The van der Waals surface area contributed by atoms with Crippen molar-refractivity contribution < 1.29 is 8.78 Å². The van der Waals surface area contributed by atoms with Gasteiger partial charge in [0.25, 0.3) is 0 Å². The predicted octanol–water partition coefficient (Wildman–Crippen LogP) is 4.62. The molecule has 2 atom stereocenters. The fourth-order valence-corrected chi connectivity index (χ4v) is 3.23. The Balaban J connectivity index is 2.50. The van der Waals surface area contributed by atoms with Crippen LogP contribution in [0.15, 0.2) is 0 Å². The average molecular weight is 261 g/mol. The van der Waals surface area contributed by atoms with E-state index in [0.717, 1.165) is 32.2 Å². The number of hydrogen-bond donors (Lipinski definition) is 1. The van der Waals surface area contributed by atoms with Crippen LogP contribution in [-0.4, -0.2) is 18.5 Å². The van der Waals surface area contributed by atoms with Gasteiger partial charge in [-0.2, -0.15) is 0 Å². The first-order valence-corrected chi connectivity index (χ1v) is 7.63. The van der Waals surface area contributed by atoms with Gasteiger partial charge >= 0.3 is 0 Å². The van der Waals surface area contributed by atoms with Crippen molar-refractivity contribution in [3.8, 4) is 0 Å². The van der Waals surface area contributed by atoms with Crippen molar-refractivity contribution >= 4 is 0 Å². The van der Waals surface area contributed by atoms with E-state index in [2.05, 4.69) is 26.1 Å². The number of alkyl halides is 2. The highest BCUT2D eigenvalue weighted by molar-refractivity contribution is 4.86. The molecule has 0 heterocycles. The second kappa shape index (κ2) is 7.42. The maximum Gasteiger partial charge on any atom is 0.248 e. The van der Waals surface area contributed by atoms with E-state index in [4.69, 9.17) is 0 Å². The highest BCUT2D eigenvalue weighted by atomic mass is 19.3. The lowest BCUT2D eigenvalue weighted by atomic mass is 9.86. The highest BCUT2D eigenvalue weighted by Crippen LogP contribution is 2.41. The molecular formula is C15H29F2N. The van der Waals surface area contributed by atoms with Crippen molar-refractivity contribution in [2.24, 2.45) is 11.8 Å². The van der Waals surface area contributed by atoms with Crippen LogP contribution >= 0.6 is 0 Å². The molecule has 0 spiro atoms. The summed E-state index contributed by atoms with van der Waals surface area (Å²) in [6.07, 6.45) is 5.23. The fourth-order valence-electron chi connectivity index (χ4n) is 3.23. The topological polar surface area (TPSA) is 12.0 Å². The summed E-state index contributed by atoms with van der Waals surface area (Å²) in [4.78, 5) is 0. The van der Waals surface area contributed by atoms with Gasteiger partial charge in [0.2, 0.25) is 5.92 Å². The van der Waals surface area contributed by atoms with E-state index in [1.165, 1.54) is 0 Å². The van der Waals surface area contributed by atoms with Crippen LogP contribution < -0.4 is 5.32 Å². The van der Waals surface area contributed by atoms with Gasteiger partial charge in [0.05, 0.1) is 0 Å². The van der Waals surface area contributed by atoms with E-state index < -0.39 is 5.92 Å². The van der Waals surface area contributed by atoms with Crippen molar-refractivity contribution in [2.45, 2.75) is 77.7 Å². The van der Waals surface area contributed by atoms with E-state index in [1.807, 2.05) is 0 Å². The third kappa shape index (κ3) is 4.83. The van der Waals surface area contributed by atoms with Crippen molar-refractivity contribution in [1.29, 1.82) is 0 Å². The molecule has 108 valence electrons. The zero-order chi connectivity index (χ0) is 13.6. The Morgan fingerprint density at radius 3 is 2.33 bits per heavy atom. The monoisotopic (exact) mass is 261 g/mol. The zero-order valence-electron chi connectivity index (χ0n) is 12.1. The third-order valence-electron chi connectivity index (χ3n) is 4.37.